The molecule has 3 aromatic rings. The zero-order valence-electron chi connectivity index (χ0n) is 12.6. The lowest BCUT2D eigenvalue weighted by Gasteiger charge is -2.08. The number of halogens is 1. The van der Waals surface area contributed by atoms with Crippen molar-refractivity contribution < 1.29 is 14.6 Å². The molecule has 24 heavy (non-hydrogen) atoms. The molecule has 0 aliphatic carbocycles. The van der Waals surface area contributed by atoms with E-state index in [0.717, 1.165) is 16.1 Å². The molecule has 3 rings (SSSR count). The summed E-state index contributed by atoms with van der Waals surface area (Å²) >= 11 is 7.50. The van der Waals surface area contributed by atoms with Crippen molar-refractivity contribution in [1.29, 1.82) is 0 Å². The van der Waals surface area contributed by atoms with Crippen LogP contribution in [0.3, 0.4) is 0 Å². The highest BCUT2D eigenvalue weighted by molar-refractivity contribution is 7.13. The average Bonchev–Trinajstić information content (AvgIpc) is 3.02. The summed E-state index contributed by atoms with van der Waals surface area (Å²) in [6.07, 6.45) is -0.0553. The number of aliphatic carboxylic acids is 1. The summed E-state index contributed by atoms with van der Waals surface area (Å²) in [6, 6.07) is 15.2. The largest absolute Gasteiger partial charge is 0.487 e. The van der Waals surface area contributed by atoms with Crippen molar-refractivity contribution in [2.75, 3.05) is 0 Å². The van der Waals surface area contributed by atoms with Gasteiger partial charge in [-0.25, -0.2) is 4.98 Å². The normalized spacial score (nSPS) is 10.5. The summed E-state index contributed by atoms with van der Waals surface area (Å²) in [6.45, 7) is 0.423. The third-order valence-corrected chi connectivity index (χ3v) is 4.57. The van der Waals surface area contributed by atoms with Gasteiger partial charge in [0.1, 0.15) is 17.4 Å². The maximum Gasteiger partial charge on any atom is 0.309 e. The number of hydrogen-bond donors (Lipinski definition) is 1. The first-order valence-electron chi connectivity index (χ1n) is 7.24. The highest BCUT2D eigenvalue weighted by atomic mass is 35.5. The predicted molar refractivity (Wildman–Crippen MR) is 94.7 cm³/mol. The summed E-state index contributed by atoms with van der Waals surface area (Å²) in [4.78, 5) is 15.1. The van der Waals surface area contributed by atoms with Crippen molar-refractivity contribution in [3.63, 3.8) is 0 Å². The number of carboxylic acids is 1. The zero-order chi connectivity index (χ0) is 16.9. The van der Waals surface area contributed by atoms with E-state index in [9.17, 15) is 4.79 Å². The number of hydrogen-bond acceptors (Lipinski definition) is 4. The van der Waals surface area contributed by atoms with Crippen LogP contribution in [0.2, 0.25) is 5.02 Å². The molecule has 0 unspecified atom stereocenters. The minimum Gasteiger partial charge on any atom is -0.487 e. The monoisotopic (exact) mass is 359 g/mol. The van der Waals surface area contributed by atoms with Crippen LogP contribution in [0.15, 0.2) is 53.9 Å². The lowest BCUT2D eigenvalue weighted by molar-refractivity contribution is -0.136. The van der Waals surface area contributed by atoms with Gasteiger partial charge in [-0.2, -0.15) is 0 Å². The number of thiazole rings is 1. The number of benzene rings is 2. The second-order valence-corrected chi connectivity index (χ2v) is 6.40. The summed E-state index contributed by atoms with van der Waals surface area (Å²) in [5, 5.41) is 12.0. The SMILES string of the molecule is O=C(O)Cc1csc(-c2ccc(COc3ccccc3Cl)cc2)n1. The number of aromatic nitrogens is 1. The summed E-state index contributed by atoms with van der Waals surface area (Å²) in [5.41, 5.74) is 2.55. The fourth-order valence-corrected chi connectivity index (χ4v) is 3.16. The number of ether oxygens (including phenoxy) is 1. The lowest BCUT2D eigenvalue weighted by Crippen LogP contribution is -1.99. The molecule has 0 aliphatic heterocycles. The molecule has 0 radical (unpaired) electrons. The van der Waals surface area contributed by atoms with Crippen LogP contribution in [0.25, 0.3) is 10.6 Å². The third kappa shape index (κ3) is 4.13. The summed E-state index contributed by atoms with van der Waals surface area (Å²) < 4.78 is 5.71. The molecule has 0 aliphatic rings. The second kappa shape index (κ2) is 7.47. The fraction of sp³-hybridized carbons (Fsp3) is 0.111. The molecule has 0 saturated heterocycles. The Kier molecular flexibility index (Phi) is 5.13. The smallest absolute Gasteiger partial charge is 0.309 e. The molecule has 0 saturated carbocycles. The first kappa shape index (κ1) is 16.5. The molecule has 0 fully saturated rings. The molecule has 0 bridgehead atoms. The molecular weight excluding hydrogens is 346 g/mol. The number of carboxylic acid groups (broad SMARTS) is 1. The van der Waals surface area contributed by atoms with Crippen molar-refractivity contribution in [2.24, 2.45) is 0 Å². The first-order chi connectivity index (χ1) is 11.6. The van der Waals surface area contributed by atoms with Crippen LogP contribution in [0.4, 0.5) is 0 Å². The van der Waals surface area contributed by atoms with Crippen LogP contribution >= 0.6 is 22.9 Å². The topological polar surface area (TPSA) is 59.4 Å². The summed E-state index contributed by atoms with van der Waals surface area (Å²) in [7, 11) is 0. The van der Waals surface area contributed by atoms with Gasteiger partial charge in [-0.15, -0.1) is 11.3 Å². The molecule has 0 atom stereocenters. The highest BCUT2D eigenvalue weighted by Gasteiger charge is 2.08. The van der Waals surface area contributed by atoms with Crippen LogP contribution in [0.5, 0.6) is 5.75 Å². The number of para-hydroxylation sites is 1. The van der Waals surface area contributed by atoms with E-state index in [1.807, 2.05) is 42.5 Å². The van der Waals surface area contributed by atoms with Gasteiger partial charge >= 0.3 is 5.97 Å². The minimum absolute atomic E-state index is 0.0553. The molecule has 122 valence electrons. The Balaban J connectivity index is 1.66. The van der Waals surface area contributed by atoms with E-state index in [0.29, 0.717) is 23.1 Å². The average molecular weight is 360 g/mol. The van der Waals surface area contributed by atoms with Crippen LogP contribution < -0.4 is 4.74 Å². The Bertz CT molecular complexity index is 845. The van der Waals surface area contributed by atoms with Crippen molar-refractivity contribution in [2.45, 2.75) is 13.0 Å². The van der Waals surface area contributed by atoms with Gasteiger partial charge in [0, 0.05) is 10.9 Å². The molecular formula is C18H14ClNO3S. The summed E-state index contributed by atoms with van der Waals surface area (Å²) in [5.74, 6) is -0.222. The molecule has 1 aromatic heterocycles. The molecule has 0 amide bonds. The Hall–Kier alpha value is -2.37. The molecule has 1 N–H and O–H groups in total. The van der Waals surface area contributed by atoms with E-state index in [1.54, 1.807) is 11.4 Å². The fourth-order valence-electron chi connectivity index (χ4n) is 2.14. The Labute approximate surface area is 148 Å². The molecule has 1 heterocycles. The van der Waals surface area contributed by atoms with Crippen LogP contribution in [0.1, 0.15) is 11.3 Å². The van der Waals surface area contributed by atoms with Gasteiger partial charge in [-0.1, -0.05) is 48.0 Å². The van der Waals surface area contributed by atoms with Crippen molar-refractivity contribution in [1.82, 2.24) is 4.98 Å². The van der Waals surface area contributed by atoms with Crippen molar-refractivity contribution in [3.05, 3.63) is 70.2 Å². The molecule has 0 spiro atoms. The van der Waals surface area contributed by atoms with Gasteiger partial charge in [0.05, 0.1) is 17.1 Å². The van der Waals surface area contributed by atoms with E-state index < -0.39 is 5.97 Å². The van der Waals surface area contributed by atoms with E-state index in [-0.39, 0.29) is 6.42 Å². The first-order valence-corrected chi connectivity index (χ1v) is 8.50. The Morgan fingerprint density at radius 2 is 1.92 bits per heavy atom. The van der Waals surface area contributed by atoms with Gasteiger partial charge < -0.3 is 9.84 Å². The second-order valence-electron chi connectivity index (χ2n) is 5.13. The Morgan fingerprint density at radius 1 is 1.17 bits per heavy atom. The van der Waals surface area contributed by atoms with E-state index in [4.69, 9.17) is 21.4 Å². The minimum atomic E-state index is -0.876. The van der Waals surface area contributed by atoms with Crippen molar-refractivity contribution in [3.8, 4) is 16.3 Å². The van der Waals surface area contributed by atoms with E-state index in [1.165, 1.54) is 11.3 Å². The van der Waals surface area contributed by atoms with Gasteiger partial charge in [0.2, 0.25) is 0 Å². The zero-order valence-corrected chi connectivity index (χ0v) is 14.2. The predicted octanol–water partition coefficient (Wildman–Crippen LogP) is 4.67. The highest BCUT2D eigenvalue weighted by Crippen LogP contribution is 2.26. The third-order valence-electron chi connectivity index (χ3n) is 3.32. The Morgan fingerprint density at radius 3 is 2.62 bits per heavy atom. The van der Waals surface area contributed by atoms with Gasteiger partial charge in [0.25, 0.3) is 0 Å². The van der Waals surface area contributed by atoms with E-state index >= 15 is 0 Å². The molecule has 2 aromatic carbocycles. The van der Waals surface area contributed by atoms with E-state index in [2.05, 4.69) is 4.98 Å². The standard InChI is InChI=1S/C18H14ClNO3S/c19-15-3-1-2-4-16(15)23-10-12-5-7-13(8-6-12)18-20-14(11-24-18)9-17(21)22/h1-8,11H,9-10H2,(H,21,22). The maximum atomic E-state index is 10.7. The molecule has 4 nitrogen and oxygen atoms in total. The van der Waals surface area contributed by atoms with Crippen molar-refractivity contribution >= 4 is 28.9 Å². The van der Waals surface area contributed by atoms with Gasteiger partial charge in [-0.05, 0) is 17.7 Å². The van der Waals surface area contributed by atoms with Gasteiger partial charge in [0.15, 0.2) is 0 Å². The number of nitrogens with zero attached hydrogens (tertiary/aromatic N) is 1. The quantitative estimate of drug-likeness (QED) is 0.694. The number of rotatable bonds is 6. The molecule has 6 heteroatoms. The van der Waals surface area contributed by atoms with Crippen LogP contribution in [-0.2, 0) is 17.8 Å². The number of carbonyl (C=O) groups is 1. The van der Waals surface area contributed by atoms with Crippen LogP contribution in [-0.4, -0.2) is 16.1 Å². The van der Waals surface area contributed by atoms with Crippen LogP contribution in [0, 0.1) is 0 Å². The lowest BCUT2D eigenvalue weighted by atomic mass is 10.1. The maximum absolute atomic E-state index is 10.7. The van der Waals surface area contributed by atoms with Gasteiger partial charge in [-0.3, -0.25) is 4.79 Å².